The fourth-order valence-electron chi connectivity index (χ4n) is 1.60. The van der Waals surface area contributed by atoms with E-state index in [1.54, 1.807) is 36.4 Å². The molecule has 0 unspecified atom stereocenters. The lowest BCUT2D eigenvalue weighted by atomic mass is 10.2. The lowest BCUT2D eigenvalue weighted by Crippen LogP contribution is -2.29. The molecule has 0 radical (unpaired) electrons. The third kappa shape index (κ3) is 3.56. The van der Waals surface area contributed by atoms with E-state index in [1.807, 2.05) is 23.6 Å². The predicted molar refractivity (Wildman–Crippen MR) is 77.2 cm³/mol. The van der Waals surface area contributed by atoms with Crippen LogP contribution in [0.5, 0.6) is 0 Å². The molecule has 0 aliphatic rings. The Kier molecular flexibility index (Phi) is 4.31. The van der Waals surface area contributed by atoms with E-state index in [1.165, 1.54) is 0 Å². The lowest BCUT2D eigenvalue weighted by Gasteiger charge is -2.08. The van der Waals surface area contributed by atoms with E-state index >= 15 is 0 Å². The minimum Gasteiger partial charge on any atom is -0.308 e. The van der Waals surface area contributed by atoms with Crippen molar-refractivity contribution in [2.45, 2.75) is 0 Å². The van der Waals surface area contributed by atoms with Crippen molar-refractivity contribution in [3.63, 3.8) is 0 Å². The van der Waals surface area contributed by atoms with Crippen molar-refractivity contribution in [2.75, 3.05) is 10.6 Å². The molecule has 2 rings (SSSR count). The highest BCUT2D eigenvalue weighted by Crippen LogP contribution is 2.11. The number of hydrogen-bond donors (Lipinski definition) is 4. The first-order valence-corrected chi connectivity index (χ1v) is 5.93. The average molecular weight is 270 g/mol. The number of nitrogen functional groups attached to an aromatic ring is 1. The second-order valence-electron chi connectivity index (χ2n) is 4.00. The number of hydrazine groups is 1. The first-order valence-electron chi connectivity index (χ1n) is 5.93. The summed E-state index contributed by atoms with van der Waals surface area (Å²) in [5.41, 5.74) is 3.73. The van der Waals surface area contributed by atoms with Gasteiger partial charge in [0.15, 0.2) is 0 Å². The summed E-state index contributed by atoms with van der Waals surface area (Å²) >= 11 is 0. The van der Waals surface area contributed by atoms with Crippen LogP contribution in [0.4, 0.5) is 16.2 Å². The van der Waals surface area contributed by atoms with Gasteiger partial charge < -0.3 is 10.6 Å². The molecule has 5 N–H and O–H groups in total. The quantitative estimate of drug-likeness (QED) is 0.390. The van der Waals surface area contributed by atoms with Crippen molar-refractivity contribution in [1.29, 1.82) is 0 Å². The number of carbonyl (C=O) groups excluding carboxylic acids is 2. The molecule has 0 saturated heterocycles. The third-order valence-corrected chi connectivity index (χ3v) is 2.57. The Balaban J connectivity index is 1.96. The normalized spacial score (nSPS) is 9.65. The van der Waals surface area contributed by atoms with E-state index in [0.29, 0.717) is 16.9 Å². The van der Waals surface area contributed by atoms with Gasteiger partial charge in [-0.1, -0.05) is 18.2 Å². The monoisotopic (exact) mass is 270 g/mol. The highest BCUT2D eigenvalue weighted by Gasteiger charge is 2.05. The highest BCUT2D eigenvalue weighted by atomic mass is 16.2. The van der Waals surface area contributed by atoms with Crippen LogP contribution >= 0.6 is 0 Å². The Bertz CT molecular complexity index is 596. The van der Waals surface area contributed by atoms with Crippen LogP contribution in [-0.2, 0) is 0 Å². The molecular formula is C14H14N4O2. The van der Waals surface area contributed by atoms with Crippen molar-refractivity contribution in [3.8, 4) is 0 Å². The molecule has 0 aliphatic heterocycles. The predicted octanol–water partition coefficient (Wildman–Crippen LogP) is 1.93. The van der Waals surface area contributed by atoms with E-state index in [-0.39, 0.29) is 11.9 Å². The van der Waals surface area contributed by atoms with Crippen LogP contribution in [0.25, 0.3) is 0 Å². The summed E-state index contributed by atoms with van der Waals surface area (Å²) in [5.74, 6) is 4.65. The fraction of sp³-hybridized carbons (Fsp3) is 0. The van der Waals surface area contributed by atoms with E-state index in [4.69, 9.17) is 5.84 Å². The summed E-state index contributed by atoms with van der Waals surface area (Å²) in [7, 11) is 0. The number of urea groups is 1. The van der Waals surface area contributed by atoms with Gasteiger partial charge in [-0.05, 0) is 36.4 Å². The minimum atomic E-state index is -0.384. The molecule has 0 bridgehead atoms. The number of rotatable bonds is 3. The fourth-order valence-corrected chi connectivity index (χ4v) is 1.60. The molecule has 6 nitrogen and oxygen atoms in total. The number of nitrogens with one attached hydrogen (secondary N) is 3. The maximum absolute atomic E-state index is 11.7. The van der Waals surface area contributed by atoms with E-state index in [0.717, 1.165) is 0 Å². The molecule has 0 aromatic heterocycles. The van der Waals surface area contributed by atoms with Crippen LogP contribution in [0.15, 0.2) is 54.6 Å². The van der Waals surface area contributed by atoms with E-state index < -0.39 is 0 Å². The van der Waals surface area contributed by atoms with Crippen LogP contribution in [-0.4, -0.2) is 11.9 Å². The molecule has 0 heterocycles. The van der Waals surface area contributed by atoms with Gasteiger partial charge in [0.25, 0.3) is 5.91 Å². The van der Waals surface area contributed by atoms with Gasteiger partial charge in [0, 0.05) is 16.9 Å². The number of carbonyl (C=O) groups is 2. The largest absolute Gasteiger partial charge is 0.323 e. The molecule has 0 fully saturated rings. The highest BCUT2D eigenvalue weighted by molar-refractivity contribution is 6.00. The molecule has 2 aromatic carbocycles. The zero-order chi connectivity index (χ0) is 14.4. The van der Waals surface area contributed by atoms with E-state index in [9.17, 15) is 9.59 Å². The Morgan fingerprint density at radius 3 is 1.90 bits per heavy atom. The van der Waals surface area contributed by atoms with Gasteiger partial charge in [0.1, 0.15) is 0 Å². The van der Waals surface area contributed by atoms with Gasteiger partial charge in [0.2, 0.25) is 0 Å². The van der Waals surface area contributed by atoms with Gasteiger partial charge in [-0.25, -0.2) is 10.6 Å². The molecule has 6 heteroatoms. The molecule has 0 atom stereocenters. The summed E-state index contributed by atoms with van der Waals surface area (Å²) in [5, 5.41) is 5.35. The third-order valence-electron chi connectivity index (χ3n) is 2.57. The second kappa shape index (κ2) is 6.35. The number of amides is 3. The number of hydrogen-bond acceptors (Lipinski definition) is 3. The first-order chi connectivity index (χ1) is 9.69. The summed E-state index contributed by atoms with van der Waals surface area (Å²) in [6, 6.07) is 15.1. The maximum atomic E-state index is 11.7. The van der Waals surface area contributed by atoms with Crippen LogP contribution in [0.2, 0.25) is 0 Å². The molecular weight excluding hydrogens is 256 g/mol. The number of nitrogens with two attached hydrogens (primary N) is 1. The molecule has 0 aliphatic carbocycles. The molecule has 102 valence electrons. The molecule has 0 spiro atoms. The number of benzene rings is 2. The average Bonchev–Trinajstić information content (AvgIpc) is 2.48. The lowest BCUT2D eigenvalue weighted by molar-refractivity contribution is 0.0953. The zero-order valence-corrected chi connectivity index (χ0v) is 10.6. The van der Waals surface area contributed by atoms with Crippen LogP contribution in [0, 0.1) is 0 Å². The van der Waals surface area contributed by atoms with Crippen molar-refractivity contribution < 1.29 is 9.59 Å². The van der Waals surface area contributed by atoms with Gasteiger partial charge in [-0.2, -0.15) is 0 Å². The van der Waals surface area contributed by atoms with Crippen LogP contribution < -0.4 is 21.9 Å². The van der Waals surface area contributed by atoms with Crippen LogP contribution in [0.3, 0.4) is 0 Å². The van der Waals surface area contributed by atoms with Crippen molar-refractivity contribution in [1.82, 2.24) is 5.43 Å². The first kappa shape index (κ1) is 13.6. The summed E-state index contributed by atoms with van der Waals surface area (Å²) in [4.78, 5) is 23.0. The SMILES string of the molecule is NNC(=O)c1ccc(NC(=O)Nc2ccccc2)cc1. The van der Waals surface area contributed by atoms with E-state index in [2.05, 4.69) is 10.6 Å². The Hall–Kier alpha value is -2.86. The summed E-state index contributed by atoms with van der Waals surface area (Å²) < 4.78 is 0. The minimum absolute atomic E-state index is 0.354. The second-order valence-corrected chi connectivity index (χ2v) is 4.00. The maximum Gasteiger partial charge on any atom is 0.323 e. The summed E-state index contributed by atoms with van der Waals surface area (Å²) in [6.07, 6.45) is 0. The number of anilines is 2. The van der Waals surface area contributed by atoms with Gasteiger partial charge in [-0.15, -0.1) is 0 Å². The Morgan fingerprint density at radius 1 is 0.800 bits per heavy atom. The smallest absolute Gasteiger partial charge is 0.308 e. The van der Waals surface area contributed by atoms with Gasteiger partial charge in [0.05, 0.1) is 0 Å². The Morgan fingerprint density at radius 2 is 1.35 bits per heavy atom. The van der Waals surface area contributed by atoms with Crippen molar-refractivity contribution in [2.24, 2.45) is 5.84 Å². The molecule has 2 aromatic rings. The van der Waals surface area contributed by atoms with Crippen LogP contribution in [0.1, 0.15) is 10.4 Å². The topological polar surface area (TPSA) is 96.2 Å². The molecule has 3 amide bonds. The Labute approximate surface area is 116 Å². The molecule has 20 heavy (non-hydrogen) atoms. The summed E-state index contributed by atoms with van der Waals surface area (Å²) in [6.45, 7) is 0. The van der Waals surface area contributed by atoms with Gasteiger partial charge >= 0.3 is 6.03 Å². The standard InChI is InChI=1S/C14H14N4O2/c15-18-13(19)10-6-8-12(9-7-10)17-14(20)16-11-4-2-1-3-5-11/h1-9H,15H2,(H,18,19)(H2,16,17,20). The number of para-hydroxylation sites is 1. The van der Waals surface area contributed by atoms with Gasteiger partial charge in [-0.3, -0.25) is 10.2 Å². The molecule has 0 saturated carbocycles. The van der Waals surface area contributed by atoms with Crippen molar-refractivity contribution in [3.05, 3.63) is 60.2 Å². The zero-order valence-electron chi connectivity index (χ0n) is 10.6. The van der Waals surface area contributed by atoms with Crippen molar-refractivity contribution >= 4 is 23.3 Å².